The van der Waals surface area contributed by atoms with Gasteiger partial charge in [0.2, 0.25) is 23.6 Å². The van der Waals surface area contributed by atoms with Crippen LogP contribution in [-0.2, 0) is 29.2 Å². The second kappa shape index (κ2) is 12.5. The smallest absolute Gasteiger partial charge is 0.285 e. The van der Waals surface area contributed by atoms with Crippen LogP contribution < -0.4 is 21.8 Å². The zero-order valence-corrected chi connectivity index (χ0v) is 20.5. The first-order valence-corrected chi connectivity index (χ1v) is 12.7. The number of benzene rings is 1. The first kappa shape index (κ1) is 27.3. The van der Waals surface area contributed by atoms with Crippen LogP contribution in [0.3, 0.4) is 0 Å². The molecule has 3 unspecified atom stereocenters. The summed E-state index contributed by atoms with van der Waals surface area (Å²) >= 11 is 0. The van der Waals surface area contributed by atoms with Crippen molar-refractivity contribution in [2.75, 3.05) is 11.9 Å². The number of primary amides is 1. The minimum Gasteiger partial charge on any atom is -0.392 e. The molecule has 188 valence electrons. The van der Waals surface area contributed by atoms with Gasteiger partial charge in [0.25, 0.3) is 10.0 Å². The lowest BCUT2D eigenvalue weighted by Gasteiger charge is -2.08. The minimum absolute atomic E-state index is 0.0152. The molecule has 0 bridgehead atoms. The van der Waals surface area contributed by atoms with Crippen molar-refractivity contribution in [3.8, 4) is 0 Å². The number of hydroxylamine groups is 1. The molecule has 2 rings (SSSR count). The molecule has 1 heterocycles. The molecule has 34 heavy (non-hydrogen) atoms. The number of anilines is 1. The van der Waals surface area contributed by atoms with Gasteiger partial charge in [0.1, 0.15) is 0 Å². The van der Waals surface area contributed by atoms with Crippen molar-refractivity contribution in [2.45, 2.75) is 63.8 Å². The van der Waals surface area contributed by atoms with E-state index in [1.807, 2.05) is 13.8 Å². The lowest BCUT2D eigenvalue weighted by molar-refractivity contribution is -0.124. The van der Waals surface area contributed by atoms with Gasteiger partial charge in [-0.2, -0.15) is 13.9 Å². The van der Waals surface area contributed by atoms with E-state index < -0.39 is 10.0 Å². The third kappa shape index (κ3) is 8.41. The SMILES string of the molecule is CC(CCCCNC(=O)CCC(=O)Nc1ccc(S(=O)(=O)N=C2ONC(C)C2C)cc1)C(N)=O. The van der Waals surface area contributed by atoms with E-state index in [9.17, 15) is 22.8 Å². The standard InChI is InChI=1S/C22H33N5O6S/c1-14(21(23)30)6-4-5-13-24-19(28)11-12-20(29)25-17-7-9-18(10-8-17)34(31,32)27-22-15(2)16(3)26-33-22/h7-10,14-16,26H,4-6,11-13H2,1-3H3,(H2,23,30)(H,24,28)(H,25,29). The Hall–Kier alpha value is -2.99. The highest BCUT2D eigenvalue weighted by molar-refractivity contribution is 7.90. The average molecular weight is 496 g/mol. The van der Waals surface area contributed by atoms with Gasteiger partial charge in [-0.3, -0.25) is 14.4 Å². The van der Waals surface area contributed by atoms with Gasteiger partial charge in [-0.15, -0.1) is 4.40 Å². The van der Waals surface area contributed by atoms with E-state index in [2.05, 4.69) is 20.5 Å². The van der Waals surface area contributed by atoms with Crippen molar-refractivity contribution >= 4 is 39.3 Å². The van der Waals surface area contributed by atoms with Gasteiger partial charge >= 0.3 is 0 Å². The monoisotopic (exact) mass is 495 g/mol. The fourth-order valence-electron chi connectivity index (χ4n) is 3.03. The van der Waals surface area contributed by atoms with E-state index in [4.69, 9.17) is 10.6 Å². The highest BCUT2D eigenvalue weighted by Crippen LogP contribution is 2.20. The first-order chi connectivity index (χ1) is 16.0. The molecule has 0 aromatic heterocycles. The van der Waals surface area contributed by atoms with Gasteiger partial charge < -0.3 is 21.2 Å². The summed E-state index contributed by atoms with van der Waals surface area (Å²) < 4.78 is 28.7. The number of nitrogens with two attached hydrogens (primary N) is 1. The van der Waals surface area contributed by atoms with Gasteiger partial charge in [-0.1, -0.05) is 20.3 Å². The summed E-state index contributed by atoms with van der Waals surface area (Å²) in [7, 11) is -3.95. The zero-order chi connectivity index (χ0) is 25.3. The van der Waals surface area contributed by atoms with Gasteiger partial charge in [-0.25, -0.2) is 0 Å². The molecule has 12 heteroatoms. The van der Waals surface area contributed by atoms with Crippen molar-refractivity contribution in [1.29, 1.82) is 0 Å². The minimum atomic E-state index is -3.95. The Morgan fingerprint density at radius 1 is 1.12 bits per heavy atom. The second-order valence-electron chi connectivity index (χ2n) is 8.42. The number of hydrogen-bond donors (Lipinski definition) is 4. The Morgan fingerprint density at radius 3 is 2.35 bits per heavy atom. The number of nitrogens with zero attached hydrogens (tertiary/aromatic N) is 1. The van der Waals surface area contributed by atoms with Crippen LogP contribution in [0.25, 0.3) is 0 Å². The van der Waals surface area contributed by atoms with E-state index >= 15 is 0 Å². The molecule has 0 spiro atoms. The molecule has 0 saturated carbocycles. The topological polar surface area (TPSA) is 169 Å². The van der Waals surface area contributed by atoms with Crippen LogP contribution in [0.5, 0.6) is 0 Å². The molecule has 1 aliphatic heterocycles. The molecule has 11 nitrogen and oxygen atoms in total. The summed E-state index contributed by atoms with van der Waals surface area (Å²) in [6.45, 7) is 5.90. The third-order valence-electron chi connectivity index (χ3n) is 5.59. The maximum Gasteiger partial charge on any atom is 0.285 e. The lowest BCUT2D eigenvalue weighted by Crippen LogP contribution is -2.26. The maximum absolute atomic E-state index is 12.5. The number of amides is 3. The Morgan fingerprint density at radius 2 is 1.76 bits per heavy atom. The predicted octanol–water partition coefficient (Wildman–Crippen LogP) is 1.46. The fourth-order valence-corrected chi connectivity index (χ4v) is 4.06. The fraction of sp³-hybridized carbons (Fsp3) is 0.545. The van der Waals surface area contributed by atoms with Crippen molar-refractivity contribution in [3.63, 3.8) is 0 Å². The van der Waals surface area contributed by atoms with Gasteiger partial charge in [0.15, 0.2) is 0 Å². The summed E-state index contributed by atoms with van der Waals surface area (Å²) in [5, 5.41) is 5.37. The highest BCUT2D eigenvalue weighted by Gasteiger charge is 2.30. The Kier molecular flexibility index (Phi) is 9.99. The largest absolute Gasteiger partial charge is 0.392 e. The van der Waals surface area contributed by atoms with E-state index in [1.54, 1.807) is 6.92 Å². The van der Waals surface area contributed by atoms with E-state index in [1.165, 1.54) is 24.3 Å². The molecule has 1 aromatic carbocycles. The van der Waals surface area contributed by atoms with E-state index in [0.717, 1.165) is 12.8 Å². The van der Waals surface area contributed by atoms with Crippen molar-refractivity contribution < 1.29 is 27.6 Å². The van der Waals surface area contributed by atoms with Crippen LogP contribution in [0.4, 0.5) is 5.69 Å². The molecule has 0 aliphatic carbocycles. The summed E-state index contributed by atoms with van der Waals surface area (Å²) in [5.74, 6) is -1.21. The molecule has 3 atom stereocenters. The molecular weight excluding hydrogens is 462 g/mol. The van der Waals surface area contributed by atoms with Crippen molar-refractivity contribution in [2.24, 2.45) is 22.0 Å². The summed E-state index contributed by atoms with van der Waals surface area (Å²) in [5.41, 5.74) is 8.29. The van der Waals surface area contributed by atoms with E-state index in [0.29, 0.717) is 18.7 Å². The molecule has 0 radical (unpaired) electrons. The number of rotatable bonds is 12. The van der Waals surface area contributed by atoms with Crippen LogP contribution in [0.15, 0.2) is 33.6 Å². The number of carbonyl (C=O) groups excluding carboxylic acids is 3. The van der Waals surface area contributed by atoms with E-state index in [-0.39, 0.29) is 59.2 Å². The average Bonchev–Trinajstić information content (AvgIpc) is 3.09. The summed E-state index contributed by atoms with van der Waals surface area (Å²) in [4.78, 5) is 40.1. The van der Waals surface area contributed by atoms with Gasteiger partial charge in [0, 0.05) is 31.0 Å². The van der Waals surface area contributed by atoms with Crippen LogP contribution in [0.2, 0.25) is 0 Å². The van der Waals surface area contributed by atoms with Crippen LogP contribution in [0.1, 0.15) is 52.9 Å². The maximum atomic E-state index is 12.5. The van der Waals surface area contributed by atoms with Crippen LogP contribution in [-0.4, -0.2) is 44.6 Å². The van der Waals surface area contributed by atoms with Crippen molar-refractivity contribution in [1.82, 2.24) is 10.8 Å². The summed E-state index contributed by atoms with van der Waals surface area (Å²) in [6, 6.07) is 5.55. The lowest BCUT2D eigenvalue weighted by atomic mass is 10.0. The van der Waals surface area contributed by atoms with Crippen LogP contribution >= 0.6 is 0 Å². The number of nitrogens with one attached hydrogen (secondary N) is 3. The normalized spacial score (nSPS) is 19.9. The van der Waals surface area contributed by atoms with Crippen LogP contribution in [0, 0.1) is 11.8 Å². The Balaban J connectivity index is 1.75. The molecule has 1 aliphatic rings. The molecule has 1 fully saturated rings. The Bertz CT molecular complexity index is 1010. The van der Waals surface area contributed by atoms with Crippen molar-refractivity contribution in [3.05, 3.63) is 24.3 Å². The molecule has 5 N–H and O–H groups in total. The second-order valence-corrected chi connectivity index (χ2v) is 10.0. The molecular formula is C22H33N5O6S. The molecule has 1 aromatic rings. The molecule has 3 amide bonds. The number of sulfonamides is 1. The molecule has 1 saturated heterocycles. The number of carbonyl (C=O) groups is 3. The third-order valence-corrected chi connectivity index (χ3v) is 6.87. The van der Waals surface area contributed by atoms with Gasteiger partial charge in [0.05, 0.1) is 16.9 Å². The summed E-state index contributed by atoms with van der Waals surface area (Å²) in [6.07, 6.45) is 2.17. The quantitative estimate of drug-likeness (QED) is 0.318. The zero-order valence-electron chi connectivity index (χ0n) is 19.7. The number of hydrogen-bond acceptors (Lipinski definition) is 7. The highest BCUT2D eigenvalue weighted by atomic mass is 32.2. The Labute approximate surface area is 199 Å². The first-order valence-electron chi connectivity index (χ1n) is 11.2. The predicted molar refractivity (Wildman–Crippen MR) is 127 cm³/mol. The number of unbranched alkanes of at least 4 members (excludes halogenated alkanes) is 1. The van der Waals surface area contributed by atoms with Gasteiger partial charge in [-0.05, 0) is 44.0 Å².